The van der Waals surface area contributed by atoms with Crippen molar-refractivity contribution in [3.63, 3.8) is 0 Å². The Hall–Kier alpha value is -0.400. The van der Waals surface area contributed by atoms with Crippen LogP contribution in [-0.4, -0.2) is 6.54 Å². The molecule has 1 aromatic rings. The second-order valence-corrected chi connectivity index (χ2v) is 5.58. The number of benzene rings is 1. The molecular weight excluding hydrogens is 265 g/mol. The molecule has 1 rings (SSSR count). The van der Waals surface area contributed by atoms with Gasteiger partial charge in [0.25, 0.3) is 0 Å². The summed E-state index contributed by atoms with van der Waals surface area (Å²) in [6.07, 6.45) is 9.29. The van der Waals surface area contributed by atoms with E-state index in [0.29, 0.717) is 10.0 Å². The molecule has 1 nitrogen and oxygen atoms in total. The maximum atomic E-state index is 5.94. The Balaban J connectivity index is 2.07. The molecule has 0 heterocycles. The SMILES string of the molecule is CCCCCCCCCNc1cc(Cl)cc(Cl)c1. The van der Waals surface area contributed by atoms with Gasteiger partial charge in [0.05, 0.1) is 0 Å². The zero-order chi connectivity index (χ0) is 13.2. The topological polar surface area (TPSA) is 12.0 Å². The summed E-state index contributed by atoms with van der Waals surface area (Å²) in [5.41, 5.74) is 1.01. The van der Waals surface area contributed by atoms with Crippen molar-refractivity contribution in [2.24, 2.45) is 0 Å². The first-order valence-corrected chi connectivity index (χ1v) is 7.68. The molecule has 0 saturated heterocycles. The molecule has 0 fully saturated rings. The average Bonchev–Trinajstić information content (AvgIpc) is 2.31. The number of hydrogen-bond donors (Lipinski definition) is 1. The molecule has 0 aromatic heterocycles. The normalized spacial score (nSPS) is 10.6. The van der Waals surface area contributed by atoms with Crippen LogP contribution in [0, 0.1) is 0 Å². The molecule has 1 aromatic carbocycles. The van der Waals surface area contributed by atoms with E-state index in [0.717, 1.165) is 12.2 Å². The van der Waals surface area contributed by atoms with Gasteiger partial charge in [0.2, 0.25) is 0 Å². The molecule has 18 heavy (non-hydrogen) atoms. The van der Waals surface area contributed by atoms with Crippen LogP contribution in [0.4, 0.5) is 5.69 Å². The molecule has 0 amide bonds. The average molecular weight is 288 g/mol. The molecule has 0 atom stereocenters. The predicted molar refractivity (Wildman–Crippen MR) is 82.9 cm³/mol. The van der Waals surface area contributed by atoms with Gasteiger partial charge in [0.1, 0.15) is 0 Å². The number of anilines is 1. The molecular formula is C15H23Cl2N. The summed E-state index contributed by atoms with van der Waals surface area (Å²) >= 11 is 11.9. The minimum absolute atomic E-state index is 0.685. The van der Waals surface area contributed by atoms with Crippen molar-refractivity contribution in [1.82, 2.24) is 0 Å². The van der Waals surface area contributed by atoms with Gasteiger partial charge < -0.3 is 5.32 Å². The summed E-state index contributed by atoms with van der Waals surface area (Å²) in [7, 11) is 0. The highest BCUT2D eigenvalue weighted by Gasteiger charge is 1.97. The lowest BCUT2D eigenvalue weighted by Gasteiger charge is -2.07. The zero-order valence-electron chi connectivity index (χ0n) is 11.1. The molecule has 0 bridgehead atoms. The largest absolute Gasteiger partial charge is 0.385 e. The number of rotatable bonds is 9. The van der Waals surface area contributed by atoms with Crippen molar-refractivity contribution >= 4 is 28.9 Å². The van der Waals surface area contributed by atoms with E-state index >= 15 is 0 Å². The van der Waals surface area contributed by atoms with Gasteiger partial charge in [0, 0.05) is 22.3 Å². The Kier molecular flexibility index (Phi) is 8.28. The first-order chi connectivity index (χ1) is 8.72. The van der Waals surface area contributed by atoms with Crippen LogP contribution in [0.2, 0.25) is 10.0 Å². The molecule has 0 aliphatic carbocycles. The zero-order valence-corrected chi connectivity index (χ0v) is 12.7. The molecule has 3 heteroatoms. The van der Waals surface area contributed by atoms with Crippen molar-refractivity contribution in [1.29, 1.82) is 0 Å². The summed E-state index contributed by atoms with van der Waals surface area (Å²) < 4.78 is 0. The van der Waals surface area contributed by atoms with Gasteiger partial charge in [-0.15, -0.1) is 0 Å². The van der Waals surface area contributed by atoms with E-state index in [1.54, 1.807) is 6.07 Å². The smallest absolute Gasteiger partial charge is 0.0441 e. The first kappa shape index (κ1) is 15.7. The van der Waals surface area contributed by atoms with E-state index in [4.69, 9.17) is 23.2 Å². The van der Waals surface area contributed by atoms with Crippen LogP contribution < -0.4 is 5.32 Å². The number of hydrogen-bond acceptors (Lipinski definition) is 1. The van der Waals surface area contributed by atoms with E-state index < -0.39 is 0 Å². The molecule has 0 unspecified atom stereocenters. The highest BCUT2D eigenvalue weighted by molar-refractivity contribution is 6.35. The summed E-state index contributed by atoms with van der Waals surface area (Å²) in [6.45, 7) is 3.24. The van der Waals surface area contributed by atoms with E-state index in [9.17, 15) is 0 Å². The molecule has 1 N–H and O–H groups in total. The monoisotopic (exact) mass is 287 g/mol. The third-order valence-corrected chi connectivity index (χ3v) is 3.41. The van der Waals surface area contributed by atoms with Gasteiger partial charge >= 0.3 is 0 Å². The van der Waals surface area contributed by atoms with Crippen molar-refractivity contribution in [2.75, 3.05) is 11.9 Å². The third-order valence-electron chi connectivity index (χ3n) is 2.97. The van der Waals surface area contributed by atoms with Crippen LogP contribution >= 0.6 is 23.2 Å². The number of nitrogens with one attached hydrogen (secondary N) is 1. The number of halogens is 2. The van der Waals surface area contributed by atoms with Gasteiger partial charge in [-0.2, -0.15) is 0 Å². The maximum Gasteiger partial charge on any atom is 0.0441 e. The summed E-state index contributed by atoms with van der Waals surface area (Å²) in [6, 6.07) is 5.57. The van der Waals surface area contributed by atoms with Crippen molar-refractivity contribution in [2.45, 2.75) is 51.9 Å². The van der Waals surface area contributed by atoms with Gasteiger partial charge in [-0.05, 0) is 24.6 Å². The fourth-order valence-corrected chi connectivity index (χ4v) is 2.50. The molecule has 0 radical (unpaired) electrons. The Morgan fingerprint density at radius 2 is 1.39 bits per heavy atom. The minimum Gasteiger partial charge on any atom is -0.385 e. The first-order valence-electron chi connectivity index (χ1n) is 6.92. The van der Waals surface area contributed by atoms with Gasteiger partial charge in [-0.25, -0.2) is 0 Å². The molecule has 0 saturated carbocycles. The Morgan fingerprint density at radius 3 is 2.00 bits per heavy atom. The highest BCUT2D eigenvalue weighted by Crippen LogP contribution is 2.22. The van der Waals surface area contributed by atoms with Crippen molar-refractivity contribution in [3.8, 4) is 0 Å². The fourth-order valence-electron chi connectivity index (χ4n) is 1.97. The van der Waals surface area contributed by atoms with Crippen LogP contribution in [0.5, 0.6) is 0 Å². The molecule has 0 aliphatic heterocycles. The Bertz CT molecular complexity index is 319. The lowest BCUT2D eigenvalue weighted by atomic mass is 10.1. The van der Waals surface area contributed by atoms with Crippen LogP contribution in [0.25, 0.3) is 0 Å². The van der Waals surface area contributed by atoms with Crippen LogP contribution in [0.1, 0.15) is 51.9 Å². The van der Waals surface area contributed by atoms with Crippen molar-refractivity contribution in [3.05, 3.63) is 28.2 Å². The fraction of sp³-hybridized carbons (Fsp3) is 0.600. The minimum atomic E-state index is 0.685. The summed E-state index contributed by atoms with van der Waals surface area (Å²) in [5.74, 6) is 0. The van der Waals surface area contributed by atoms with E-state index in [1.807, 2.05) is 12.1 Å². The maximum absolute atomic E-state index is 5.94. The highest BCUT2D eigenvalue weighted by atomic mass is 35.5. The third kappa shape index (κ3) is 7.13. The van der Waals surface area contributed by atoms with E-state index in [2.05, 4.69) is 12.2 Å². The van der Waals surface area contributed by atoms with Crippen LogP contribution in [-0.2, 0) is 0 Å². The van der Waals surface area contributed by atoms with Crippen LogP contribution in [0.15, 0.2) is 18.2 Å². The quantitative estimate of drug-likeness (QED) is 0.537. The lowest BCUT2D eigenvalue weighted by Crippen LogP contribution is -2.01. The van der Waals surface area contributed by atoms with Gasteiger partial charge in [-0.1, -0.05) is 68.7 Å². The Morgan fingerprint density at radius 1 is 0.833 bits per heavy atom. The second-order valence-electron chi connectivity index (χ2n) is 4.71. The Labute approximate surface area is 121 Å². The summed E-state index contributed by atoms with van der Waals surface area (Å²) in [5, 5.41) is 4.73. The summed E-state index contributed by atoms with van der Waals surface area (Å²) in [4.78, 5) is 0. The second kappa shape index (κ2) is 9.52. The van der Waals surface area contributed by atoms with Gasteiger partial charge in [0.15, 0.2) is 0 Å². The standard InChI is InChI=1S/C15H23Cl2N/c1-2-3-4-5-6-7-8-9-18-15-11-13(16)10-14(17)12-15/h10-12,18H,2-9H2,1H3. The van der Waals surface area contributed by atoms with Gasteiger partial charge in [-0.3, -0.25) is 0 Å². The lowest BCUT2D eigenvalue weighted by molar-refractivity contribution is 0.596. The molecule has 102 valence electrons. The van der Waals surface area contributed by atoms with E-state index in [1.165, 1.54) is 44.9 Å². The van der Waals surface area contributed by atoms with Crippen LogP contribution in [0.3, 0.4) is 0 Å². The predicted octanol–water partition coefficient (Wildman–Crippen LogP) is 6.16. The molecule has 0 spiro atoms. The van der Waals surface area contributed by atoms with Crippen molar-refractivity contribution < 1.29 is 0 Å². The molecule has 0 aliphatic rings. The number of unbranched alkanes of at least 4 members (excludes halogenated alkanes) is 6. The van der Waals surface area contributed by atoms with E-state index in [-0.39, 0.29) is 0 Å².